The van der Waals surface area contributed by atoms with Gasteiger partial charge in [0.05, 0.1) is 6.04 Å². The number of fused-ring (bicyclic) bond motifs is 2. The zero-order valence-corrected chi connectivity index (χ0v) is 17.4. The van der Waals surface area contributed by atoms with E-state index in [0.717, 1.165) is 16.3 Å². The van der Waals surface area contributed by atoms with Gasteiger partial charge in [-0.2, -0.15) is 0 Å². The van der Waals surface area contributed by atoms with E-state index >= 15 is 0 Å². The Hall–Kier alpha value is -3.34. The van der Waals surface area contributed by atoms with Crippen molar-refractivity contribution >= 4 is 22.7 Å². The molecule has 0 fully saturated rings. The predicted molar refractivity (Wildman–Crippen MR) is 119 cm³/mol. The van der Waals surface area contributed by atoms with Crippen molar-refractivity contribution < 1.29 is 9.59 Å². The zero-order valence-electron chi connectivity index (χ0n) is 17.4. The number of hydrogen-bond donors (Lipinski definition) is 2. The quantitative estimate of drug-likeness (QED) is 0.691. The van der Waals surface area contributed by atoms with Crippen LogP contribution in [0.1, 0.15) is 35.3 Å². The fraction of sp³-hybridized carbons (Fsp3) is 0.280. The van der Waals surface area contributed by atoms with Crippen LogP contribution in [0.4, 0.5) is 4.79 Å². The van der Waals surface area contributed by atoms with Crippen molar-refractivity contribution in [3.05, 3.63) is 83.4 Å². The van der Waals surface area contributed by atoms with Crippen LogP contribution < -0.4 is 10.6 Å². The summed E-state index contributed by atoms with van der Waals surface area (Å²) in [6.45, 7) is 4.79. The Kier molecular flexibility index (Phi) is 5.70. The first kappa shape index (κ1) is 20.0. The third-order valence-corrected chi connectivity index (χ3v) is 5.55. The van der Waals surface area contributed by atoms with Gasteiger partial charge in [-0.05, 0) is 48.2 Å². The van der Waals surface area contributed by atoms with Gasteiger partial charge in [-0.3, -0.25) is 4.79 Å². The fourth-order valence-corrected chi connectivity index (χ4v) is 4.10. The van der Waals surface area contributed by atoms with Gasteiger partial charge >= 0.3 is 6.03 Å². The molecular formula is C25H27N3O2. The van der Waals surface area contributed by atoms with Crippen LogP contribution in [-0.2, 0) is 13.0 Å². The van der Waals surface area contributed by atoms with E-state index in [0.29, 0.717) is 25.1 Å². The summed E-state index contributed by atoms with van der Waals surface area (Å²) in [6.07, 6.45) is 0.717. The molecule has 4 rings (SSSR count). The molecule has 0 aliphatic carbocycles. The molecule has 1 aliphatic rings. The van der Waals surface area contributed by atoms with Crippen LogP contribution in [-0.4, -0.2) is 35.5 Å². The summed E-state index contributed by atoms with van der Waals surface area (Å²) in [6, 6.07) is 21.8. The van der Waals surface area contributed by atoms with Crippen LogP contribution in [0.3, 0.4) is 0 Å². The van der Waals surface area contributed by atoms with Gasteiger partial charge in [0.2, 0.25) is 0 Å². The van der Waals surface area contributed by atoms with Crippen molar-refractivity contribution in [1.29, 1.82) is 0 Å². The third kappa shape index (κ3) is 4.15. The molecule has 30 heavy (non-hydrogen) atoms. The van der Waals surface area contributed by atoms with Gasteiger partial charge in [-0.15, -0.1) is 0 Å². The third-order valence-electron chi connectivity index (χ3n) is 5.55. The summed E-state index contributed by atoms with van der Waals surface area (Å²) in [7, 11) is 0. The number of carbonyl (C=O) groups is 2. The fourth-order valence-electron chi connectivity index (χ4n) is 4.10. The van der Waals surface area contributed by atoms with E-state index in [4.69, 9.17) is 0 Å². The molecule has 1 atom stereocenters. The van der Waals surface area contributed by atoms with Gasteiger partial charge in [0.15, 0.2) is 0 Å². The summed E-state index contributed by atoms with van der Waals surface area (Å²) in [4.78, 5) is 27.7. The first-order chi connectivity index (χ1) is 14.5. The highest BCUT2D eigenvalue weighted by molar-refractivity contribution is 6.07. The highest BCUT2D eigenvalue weighted by Crippen LogP contribution is 2.27. The van der Waals surface area contributed by atoms with E-state index in [1.54, 1.807) is 0 Å². The number of nitrogens with one attached hydrogen (secondary N) is 2. The Labute approximate surface area is 177 Å². The molecule has 0 radical (unpaired) electrons. The molecule has 154 valence electrons. The summed E-state index contributed by atoms with van der Waals surface area (Å²) in [5.41, 5.74) is 3.09. The van der Waals surface area contributed by atoms with Crippen molar-refractivity contribution in [2.45, 2.75) is 38.9 Å². The molecule has 0 spiro atoms. The van der Waals surface area contributed by atoms with Crippen molar-refractivity contribution in [3.63, 3.8) is 0 Å². The number of carbonyl (C=O) groups excluding carboxylic acids is 2. The molecule has 0 bridgehead atoms. The van der Waals surface area contributed by atoms with Crippen LogP contribution in [0.25, 0.3) is 10.8 Å². The highest BCUT2D eigenvalue weighted by atomic mass is 16.2. The van der Waals surface area contributed by atoms with Gasteiger partial charge in [0.1, 0.15) is 0 Å². The van der Waals surface area contributed by atoms with Gasteiger partial charge in [0, 0.05) is 24.7 Å². The molecule has 3 amide bonds. The Balaban J connectivity index is 1.63. The van der Waals surface area contributed by atoms with Gasteiger partial charge < -0.3 is 15.5 Å². The lowest BCUT2D eigenvalue weighted by Crippen LogP contribution is -2.52. The van der Waals surface area contributed by atoms with E-state index in [1.807, 2.05) is 73.3 Å². The molecule has 1 aliphatic heterocycles. The van der Waals surface area contributed by atoms with Crippen LogP contribution in [0, 0.1) is 0 Å². The van der Waals surface area contributed by atoms with Crippen LogP contribution in [0.2, 0.25) is 0 Å². The molecule has 0 saturated heterocycles. The number of urea groups is 1. The van der Waals surface area contributed by atoms with E-state index in [-0.39, 0.29) is 24.0 Å². The van der Waals surface area contributed by atoms with Crippen LogP contribution in [0.15, 0.2) is 66.7 Å². The molecule has 3 aromatic rings. The van der Waals surface area contributed by atoms with E-state index in [2.05, 4.69) is 22.8 Å². The molecular weight excluding hydrogens is 374 g/mol. The summed E-state index contributed by atoms with van der Waals surface area (Å²) >= 11 is 0. The molecule has 0 unspecified atom stereocenters. The Bertz CT molecular complexity index is 1070. The molecule has 0 aromatic heterocycles. The Morgan fingerprint density at radius 2 is 1.67 bits per heavy atom. The summed E-state index contributed by atoms with van der Waals surface area (Å²) < 4.78 is 0. The predicted octanol–water partition coefficient (Wildman–Crippen LogP) is 4.11. The van der Waals surface area contributed by atoms with E-state index in [9.17, 15) is 9.59 Å². The number of nitrogens with zero attached hydrogens (tertiary/aromatic N) is 1. The minimum absolute atomic E-state index is 0.00243. The number of hydrogen-bond acceptors (Lipinski definition) is 2. The first-order valence-electron chi connectivity index (χ1n) is 10.4. The normalized spacial score (nSPS) is 15.7. The van der Waals surface area contributed by atoms with Crippen molar-refractivity contribution in [2.24, 2.45) is 0 Å². The van der Waals surface area contributed by atoms with Gasteiger partial charge in [0.25, 0.3) is 5.91 Å². The lowest BCUT2D eigenvalue weighted by Gasteiger charge is -2.37. The molecule has 2 N–H and O–H groups in total. The largest absolute Gasteiger partial charge is 0.336 e. The van der Waals surface area contributed by atoms with Gasteiger partial charge in [-0.1, -0.05) is 60.7 Å². The average Bonchev–Trinajstić information content (AvgIpc) is 2.75. The second kappa shape index (κ2) is 8.57. The summed E-state index contributed by atoms with van der Waals surface area (Å²) in [5.74, 6) is -0.00243. The Morgan fingerprint density at radius 1 is 0.967 bits per heavy atom. The van der Waals surface area contributed by atoms with Crippen molar-refractivity contribution in [2.75, 3.05) is 6.54 Å². The molecule has 5 heteroatoms. The molecule has 0 saturated carbocycles. The topological polar surface area (TPSA) is 61.4 Å². The lowest BCUT2D eigenvalue weighted by atomic mass is 9.92. The SMILES string of the molecule is CC(C)NC(=O)NC[C@@H]1Cc2ccccc2CN1C(=O)c1cccc2ccccc12. The number of rotatable bonds is 4. The number of amides is 3. The summed E-state index contributed by atoms with van der Waals surface area (Å²) in [5, 5.41) is 7.79. The average molecular weight is 402 g/mol. The van der Waals surface area contributed by atoms with E-state index < -0.39 is 0 Å². The smallest absolute Gasteiger partial charge is 0.315 e. The zero-order chi connectivity index (χ0) is 21.1. The molecule has 1 heterocycles. The minimum atomic E-state index is -0.207. The highest BCUT2D eigenvalue weighted by Gasteiger charge is 2.31. The lowest BCUT2D eigenvalue weighted by molar-refractivity contribution is 0.0642. The molecule has 5 nitrogen and oxygen atoms in total. The van der Waals surface area contributed by atoms with E-state index in [1.165, 1.54) is 5.56 Å². The minimum Gasteiger partial charge on any atom is -0.336 e. The maximum Gasteiger partial charge on any atom is 0.315 e. The standard InChI is InChI=1S/C25H27N3O2/c1-17(2)27-25(30)26-15-21-14-19-9-3-4-10-20(19)16-28(21)24(29)23-13-7-11-18-8-5-6-12-22(18)23/h3-13,17,21H,14-16H2,1-2H3,(H2,26,27,30)/t21-/m0/s1. The first-order valence-corrected chi connectivity index (χ1v) is 10.4. The van der Waals surface area contributed by atoms with Crippen molar-refractivity contribution in [1.82, 2.24) is 15.5 Å². The van der Waals surface area contributed by atoms with Crippen LogP contribution >= 0.6 is 0 Å². The Morgan fingerprint density at radius 3 is 2.47 bits per heavy atom. The van der Waals surface area contributed by atoms with Crippen molar-refractivity contribution in [3.8, 4) is 0 Å². The maximum absolute atomic E-state index is 13.7. The monoisotopic (exact) mass is 401 g/mol. The second-order valence-electron chi connectivity index (χ2n) is 8.10. The van der Waals surface area contributed by atoms with Gasteiger partial charge in [-0.25, -0.2) is 4.79 Å². The van der Waals surface area contributed by atoms with Crippen LogP contribution in [0.5, 0.6) is 0 Å². The maximum atomic E-state index is 13.7. The number of benzene rings is 3. The second-order valence-corrected chi connectivity index (χ2v) is 8.10. The molecule has 3 aromatic carbocycles.